The molecule has 0 radical (unpaired) electrons. The van der Waals surface area contributed by atoms with Gasteiger partial charge in [-0.3, -0.25) is 39.0 Å². The molecule has 332 valence electrons. The normalized spacial score (nSPS) is 12.6. The molecule has 3 aromatic rings. The van der Waals surface area contributed by atoms with Crippen LogP contribution in [0.2, 0.25) is 0 Å². The molecule has 0 atom stereocenters. The maximum Gasteiger partial charge on any atom is 0.325 e. The second-order valence-corrected chi connectivity index (χ2v) is 13.2. The minimum Gasteiger partial charge on any atom is -0.488 e. The molecule has 62 heavy (non-hydrogen) atoms. The summed E-state index contributed by atoms with van der Waals surface area (Å²) < 4.78 is 38.8. The fourth-order valence-corrected chi connectivity index (χ4v) is 6.25. The monoisotopic (exact) mass is 882 g/mol. The van der Waals surface area contributed by atoms with E-state index in [1.54, 1.807) is 39.8 Å². The largest absolute Gasteiger partial charge is 0.488 e. The van der Waals surface area contributed by atoms with Crippen molar-refractivity contribution in [3.05, 3.63) is 68.4 Å². The Morgan fingerprint density at radius 3 is 1.90 bits per heavy atom. The molecule has 22 nitrogen and oxygen atoms in total. The number of non-ortho nitro benzene ring substituents is 1. The van der Waals surface area contributed by atoms with Gasteiger partial charge in [-0.05, 0) is 70.1 Å². The lowest BCUT2D eigenvalue weighted by atomic mass is 10.2. The first kappa shape index (κ1) is 47.5. The van der Waals surface area contributed by atoms with Crippen LogP contribution in [0.4, 0.5) is 17.1 Å². The van der Waals surface area contributed by atoms with Crippen LogP contribution in [0.15, 0.2) is 51.6 Å². The van der Waals surface area contributed by atoms with Crippen molar-refractivity contribution in [2.75, 3.05) is 88.7 Å². The molecule has 2 heterocycles. The van der Waals surface area contributed by atoms with Gasteiger partial charge in [0.2, 0.25) is 0 Å². The predicted octanol–water partition coefficient (Wildman–Crippen LogP) is 4.42. The van der Waals surface area contributed by atoms with E-state index in [1.807, 2.05) is 0 Å². The Bertz CT molecular complexity index is 2180. The van der Waals surface area contributed by atoms with Crippen LogP contribution in [0.5, 0.6) is 11.5 Å². The Morgan fingerprint density at radius 1 is 0.855 bits per heavy atom. The molecule has 23 heteroatoms. The van der Waals surface area contributed by atoms with Crippen LogP contribution >= 0.6 is 12.2 Å². The quantitative estimate of drug-likeness (QED) is 0.0118. The third-order valence-electron chi connectivity index (χ3n) is 8.50. The van der Waals surface area contributed by atoms with Crippen LogP contribution in [0.1, 0.15) is 39.9 Å². The number of nitrogens with zero attached hydrogens (tertiary/aromatic N) is 7. The molecule has 1 amide bonds. The lowest BCUT2D eigenvalue weighted by molar-refractivity contribution is -0.384. The van der Waals surface area contributed by atoms with E-state index >= 15 is 0 Å². The number of amides is 1. The molecule has 4 rings (SSSR count). The third kappa shape index (κ3) is 13.4. The van der Waals surface area contributed by atoms with E-state index in [9.17, 15) is 34.1 Å². The summed E-state index contributed by atoms with van der Waals surface area (Å²) >= 11 is 5.34. The summed E-state index contributed by atoms with van der Waals surface area (Å²) in [5.74, 6) is -2.76. The van der Waals surface area contributed by atoms with Crippen molar-refractivity contribution in [3.8, 4) is 11.5 Å². The number of anilines is 2. The van der Waals surface area contributed by atoms with E-state index in [1.165, 1.54) is 39.0 Å². The van der Waals surface area contributed by atoms with Gasteiger partial charge in [-0.2, -0.15) is 0 Å². The Hall–Kier alpha value is -7.13. The average molecular weight is 883 g/mol. The first-order valence-corrected chi connectivity index (χ1v) is 19.8. The van der Waals surface area contributed by atoms with Gasteiger partial charge in [0.15, 0.2) is 5.11 Å². The Morgan fingerprint density at radius 2 is 1.39 bits per heavy atom. The van der Waals surface area contributed by atoms with E-state index in [0.29, 0.717) is 11.8 Å². The molecule has 1 aromatic heterocycles. The van der Waals surface area contributed by atoms with Gasteiger partial charge in [-0.1, -0.05) is 5.11 Å². The summed E-state index contributed by atoms with van der Waals surface area (Å²) in [6, 6.07) is 8.39. The van der Waals surface area contributed by atoms with Gasteiger partial charge in [0.05, 0.1) is 48.8 Å². The smallest absolute Gasteiger partial charge is 0.325 e. The van der Waals surface area contributed by atoms with Crippen molar-refractivity contribution in [2.45, 2.75) is 34.1 Å². The number of nitrogens with one attached hydrogen (secondary N) is 1. The van der Waals surface area contributed by atoms with E-state index in [0.717, 1.165) is 6.07 Å². The van der Waals surface area contributed by atoms with Crippen molar-refractivity contribution in [1.82, 2.24) is 10.2 Å². The lowest BCUT2D eigenvalue weighted by Crippen LogP contribution is -2.36. The highest BCUT2D eigenvalue weighted by molar-refractivity contribution is 7.80. The highest BCUT2D eigenvalue weighted by Gasteiger charge is 2.31. The maximum absolute atomic E-state index is 13.2. The van der Waals surface area contributed by atoms with Crippen molar-refractivity contribution < 1.29 is 61.7 Å². The predicted molar refractivity (Wildman–Crippen MR) is 225 cm³/mol. The fourth-order valence-electron chi connectivity index (χ4n) is 5.97. The number of hydrogen-bond donors (Lipinski definition) is 1. The van der Waals surface area contributed by atoms with E-state index in [-0.39, 0.29) is 103 Å². The number of furan rings is 1. The number of thiocarbonyl (C=S) groups is 1. The molecule has 1 N–H and O–H groups in total. The Kier molecular flexibility index (Phi) is 18.1. The van der Waals surface area contributed by atoms with Crippen LogP contribution in [-0.4, -0.2) is 124 Å². The van der Waals surface area contributed by atoms with Gasteiger partial charge in [-0.15, -0.1) is 0 Å². The molecular formula is C39H46N8O14S. The zero-order valence-electron chi connectivity index (χ0n) is 34.5. The molecule has 0 spiro atoms. The molecule has 1 aliphatic rings. The molecule has 1 fully saturated rings. The standard InChI is InChI=1S/C39H46N8O14S/c1-5-55-34(48)21-44(22-35(49)56-6-2)29-11-10-26(47(53)54)18-33(29)60-15-14-59-32-17-25-16-27(19-28-38(52)46(39(62)42-28)13-9-12-41-43-40)61-31(25)20-30(32)45(23-36(50)57-7-3)24-37(51)58-8-4/h10-11,16-20H,5-9,12-15,21-24H2,1-4H3,(H,42,62)/b28-19-. The number of carbonyl (C=O) groups is 5. The van der Waals surface area contributed by atoms with Gasteiger partial charge >= 0.3 is 23.9 Å². The number of nitro benzene ring substituents is 1. The van der Waals surface area contributed by atoms with Crippen LogP contribution < -0.4 is 24.6 Å². The van der Waals surface area contributed by atoms with Crippen LogP contribution in [0.25, 0.3) is 27.5 Å². The summed E-state index contributed by atoms with van der Waals surface area (Å²) in [5.41, 5.74) is 8.98. The average Bonchev–Trinajstić information content (AvgIpc) is 3.74. The van der Waals surface area contributed by atoms with E-state index < -0.39 is 60.9 Å². The lowest BCUT2D eigenvalue weighted by Gasteiger charge is -2.26. The van der Waals surface area contributed by atoms with Crippen molar-refractivity contribution in [1.29, 1.82) is 0 Å². The molecular weight excluding hydrogens is 837 g/mol. The van der Waals surface area contributed by atoms with Gasteiger partial charge in [-0.25, -0.2) is 0 Å². The number of esters is 4. The number of hydrogen-bond acceptors (Lipinski definition) is 18. The van der Waals surface area contributed by atoms with E-state index in [2.05, 4.69) is 15.3 Å². The first-order chi connectivity index (χ1) is 29.8. The van der Waals surface area contributed by atoms with Crippen LogP contribution in [-0.2, 0) is 42.9 Å². The van der Waals surface area contributed by atoms with Crippen molar-refractivity contribution in [2.24, 2.45) is 5.11 Å². The topological polar surface area (TPSA) is 268 Å². The van der Waals surface area contributed by atoms with Gasteiger partial charge in [0.25, 0.3) is 11.6 Å². The van der Waals surface area contributed by atoms with Gasteiger partial charge in [0.1, 0.15) is 67.9 Å². The summed E-state index contributed by atoms with van der Waals surface area (Å²) in [6.07, 6.45) is 1.84. The first-order valence-electron chi connectivity index (χ1n) is 19.4. The molecule has 0 aliphatic carbocycles. The number of ether oxygens (including phenoxy) is 6. The Balaban J connectivity index is 1.69. The van der Waals surface area contributed by atoms with Gasteiger partial charge < -0.3 is 48.0 Å². The highest BCUT2D eigenvalue weighted by atomic mass is 32.1. The fraction of sp³-hybridized carbons (Fsp3) is 0.436. The highest BCUT2D eigenvalue weighted by Crippen LogP contribution is 2.37. The summed E-state index contributed by atoms with van der Waals surface area (Å²) in [7, 11) is 0. The maximum atomic E-state index is 13.2. The van der Waals surface area contributed by atoms with Crippen molar-refractivity contribution in [3.63, 3.8) is 0 Å². The molecule has 1 aliphatic heterocycles. The van der Waals surface area contributed by atoms with Crippen LogP contribution in [0, 0.1) is 10.1 Å². The van der Waals surface area contributed by atoms with Crippen LogP contribution in [0.3, 0.4) is 0 Å². The molecule has 1 saturated heterocycles. The minimum atomic E-state index is -0.670. The van der Waals surface area contributed by atoms with Gasteiger partial charge in [0, 0.05) is 41.6 Å². The second kappa shape index (κ2) is 23.6. The number of azide groups is 1. The zero-order chi connectivity index (χ0) is 45.2. The summed E-state index contributed by atoms with van der Waals surface area (Å²) in [4.78, 5) is 81.7. The number of carbonyl (C=O) groups excluding carboxylic acids is 5. The summed E-state index contributed by atoms with van der Waals surface area (Å²) in [5, 5.41) is 18.7. The van der Waals surface area contributed by atoms with E-state index in [4.69, 9.17) is 50.6 Å². The molecule has 0 bridgehead atoms. The minimum absolute atomic E-state index is 0.0605. The Labute approximate surface area is 360 Å². The van der Waals surface area contributed by atoms with Crippen molar-refractivity contribution >= 4 is 81.2 Å². The number of benzene rings is 2. The molecule has 0 saturated carbocycles. The zero-order valence-corrected chi connectivity index (χ0v) is 35.3. The third-order valence-corrected chi connectivity index (χ3v) is 8.83. The number of rotatable bonds is 25. The summed E-state index contributed by atoms with van der Waals surface area (Å²) in [6.45, 7) is 5.09. The molecule has 0 unspecified atom stereocenters. The number of nitro groups is 1. The molecule has 2 aromatic carbocycles. The SMILES string of the molecule is CCOC(=O)CN(CC(=O)OCC)c1ccc([N+](=O)[O-])cc1OCCOc1cc2cc(/C=C3\NC(=S)N(CCCN=[N+]=[N-])C3=O)oc2cc1N(CC(=O)OCC)CC(=O)OCC. The second-order valence-electron chi connectivity index (χ2n) is 12.8. The number of fused-ring (bicyclic) bond motifs is 1.